The third kappa shape index (κ3) is 5.15. The van der Waals surface area contributed by atoms with Crippen molar-refractivity contribution in [3.05, 3.63) is 105 Å². The van der Waals surface area contributed by atoms with Crippen LogP contribution in [0.2, 0.25) is 0 Å². The molecule has 0 heterocycles. The molecular formula is C29H24F6O2. The zero-order chi connectivity index (χ0) is 26.9. The van der Waals surface area contributed by atoms with Crippen LogP contribution in [0.25, 0.3) is 5.57 Å². The van der Waals surface area contributed by atoms with Crippen molar-refractivity contribution in [2.45, 2.75) is 51.9 Å². The van der Waals surface area contributed by atoms with Gasteiger partial charge in [-0.3, -0.25) is 0 Å². The summed E-state index contributed by atoms with van der Waals surface area (Å²) in [5.41, 5.74) is 0.204. The monoisotopic (exact) mass is 518 g/mol. The van der Waals surface area contributed by atoms with Gasteiger partial charge in [-0.1, -0.05) is 37.6 Å². The fraction of sp³-hybridized carbons (Fsp3) is 0.276. The fourth-order valence-electron chi connectivity index (χ4n) is 4.56. The van der Waals surface area contributed by atoms with Gasteiger partial charge in [-0.15, -0.1) is 0 Å². The molecule has 4 rings (SSSR count). The molecule has 0 N–H and O–H groups in total. The Hall–Kier alpha value is -3.55. The molecule has 1 aliphatic rings. The van der Waals surface area contributed by atoms with E-state index in [0.29, 0.717) is 24.8 Å². The molecule has 0 fully saturated rings. The minimum atomic E-state index is -1.45. The molecule has 3 aromatic carbocycles. The third-order valence-electron chi connectivity index (χ3n) is 6.65. The lowest BCUT2D eigenvalue weighted by molar-refractivity contribution is 0.0720. The summed E-state index contributed by atoms with van der Waals surface area (Å²) in [6.45, 7) is 3.25. The summed E-state index contributed by atoms with van der Waals surface area (Å²) in [7, 11) is 0. The Balaban J connectivity index is 1.53. The first kappa shape index (κ1) is 26.5. The maximum atomic E-state index is 14.9. The summed E-state index contributed by atoms with van der Waals surface area (Å²) >= 11 is 0. The molecule has 194 valence electrons. The molecule has 1 unspecified atom stereocenters. The van der Waals surface area contributed by atoms with E-state index in [1.165, 1.54) is 31.2 Å². The lowest BCUT2D eigenvalue weighted by Crippen LogP contribution is -2.14. The number of carbonyl (C=O) groups is 1. The summed E-state index contributed by atoms with van der Waals surface area (Å²) < 4.78 is 91.4. The van der Waals surface area contributed by atoms with Gasteiger partial charge in [-0.2, -0.15) is 4.39 Å². The molecule has 0 saturated carbocycles. The van der Waals surface area contributed by atoms with E-state index in [1.54, 1.807) is 13.0 Å². The normalized spacial score (nSPS) is 15.5. The summed E-state index contributed by atoms with van der Waals surface area (Å²) in [6.07, 6.45) is 3.45. The van der Waals surface area contributed by atoms with Crippen LogP contribution in [0.1, 0.15) is 71.1 Å². The van der Waals surface area contributed by atoms with Crippen molar-refractivity contribution < 1.29 is 35.9 Å². The first-order chi connectivity index (χ1) is 17.6. The lowest BCUT2D eigenvalue weighted by atomic mass is 9.82. The van der Waals surface area contributed by atoms with Gasteiger partial charge in [-0.05, 0) is 79.0 Å². The number of esters is 1. The molecule has 3 aromatic rings. The molecule has 0 spiro atoms. The van der Waals surface area contributed by atoms with Gasteiger partial charge in [0, 0.05) is 5.56 Å². The van der Waals surface area contributed by atoms with E-state index < -0.39 is 52.2 Å². The summed E-state index contributed by atoms with van der Waals surface area (Å²) in [5, 5.41) is 0. The first-order valence-electron chi connectivity index (χ1n) is 11.9. The van der Waals surface area contributed by atoms with Crippen LogP contribution in [0, 0.1) is 41.8 Å². The van der Waals surface area contributed by atoms with E-state index in [-0.39, 0.29) is 41.0 Å². The highest BCUT2D eigenvalue weighted by Gasteiger charge is 2.26. The standard InChI is InChI=1S/C29H24F6O2/c1-3-4-18-10-12-21(27(34)24(18)31)29(36)37-22-14-13-20(26(33)28(22)35)17-8-6-16(7-9-17)19-11-5-15(2)23(30)25(19)32/h5,8,10-14,16H,3-4,6-7,9H2,1-2H3. The number of carbonyl (C=O) groups excluding carboxylic acids is 1. The molecular weight excluding hydrogens is 494 g/mol. The molecule has 0 radical (unpaired) electrons. The van der Waals surface area contributed by atoms with E-state index in [2.05, 4.69) is 0 Å². The van der Waals surface area contributed by atoms with Gasteiger partial charge in [0.1, 0.15) is 0 Å². The van der Waals surface area contributed by atoms with Gasteiger partial charge >= 0.3 is 5.97 Å². The van der Waals surface area contributed by atoms with E-state index in [4.69, 9.17) is 4.74 Å². The van der Waals surface area contributed by atoms with Crippen molar-refractivity contribution in [1.82, 2.24) is 0 Å². The zero-order valence-corrected chi connectivity index (χ0v) is 20.2. The van der Waals surface area contributed by atoms with Gasteiger partial charge in [-0.25, -0.2) is 26.7 Å². The third-order valence-corrected chi connectivity index (χ3v) is 6.65. The van der Waals surface area contributed by atoms with Crippen molar-refractivity contribution in [2.24, 2.45) is 0 Å². The number of rotatable bonds is 6. The van der Waals surface area contributed by atoms with Crippen LogP contribution in [0.4, 0.5) is 26.3 Å². The number of ether oxygens (including phenoxy) is 1. The minimum absolute atomic E-state index is 0.0625. The number of aryl methyl sites for hydroxylation is 2. The second-order valence-corrected chi connectivity index (χ2v) is 9.08. The molecule has 0 bridgehead atoms. The van der Waals surface area contributed by atoms with Crippen molar-refractivity contribution in [3.8, 4) is 5.75 Å². The smallest absolute Gasteiger partial charge is 0.346 e. The van der Waals surface area contributed by atoms with Crippen LogP contribution in [-0.4, -0.2) is 5.97 Å². The van der Waals surface area contributed by atoms with Crippen LogP contribution in [0.3, 0.4) is 0 Å². The van der Waals surface area contributed by atoms with Gasteiger partial charge < -0.3 is 4.74 Å². The highest BCUT2D eigenvalue weighted by Crippen LogP contribution is 2.39. The largest absolute Gasteiger partial charge is 0.420 e. The molecule has 1 aliphatic carbocycles. The van der Waals surface area contributed by atoms with E-state index in [9.17, 15) is 31.1 Å². The Morgan fingerprint density at radius 1 is 0.865 bits per heavy atom. The maximum Gasteiger partial charge on any atom is 0.346 e. The van der Waals surface area contributed by atoms with Crippen molar-refractivity contribution >= 4 is 11.5 Å². The summed E-state index contributed by atoms with van der Waals surface area (Å²) in [6, 6.07) is 7.58. The molecule has 0 aliphatic heterocycles. The minimum Gasteiger partial charge on any atom is -0.420 e. The van der Waals surface area contributed by atoms with Crippen LogP contribution < -0.4 is 4.74 Å². The maximum absolute atomic E-state index is 14.9. The van der Waals surface area contributed by atoms with E-state index in [0.717, 1.165) is 12.1 Å². The molecule has 0 aromatic heterocycles. The Kier molecular flexibility index (Phi) is 7.76. The van der Waals surface area contributed by atoms with Crippen LogP contribution in [0.5, 0.6) is 5.75 Å². The van der Waals surface area contributed by atoms with Gasteiger partial charge in [0.25, 0.3) is 0 Å². The van der Waals surface area contributed by atoms with E-state index in [1.807, 2.05) is 0 Å². The van der Waals surface area contributed by atoms with Crippen molar-refractivity contribution in [1.29, 1.82) is 0 Å². The fourth-order valence-corrected chi connectivity index (χ4v) is 4.56. The molecule has 0 amide bonds. The average molecular weight is 518 g/mol. The number of halogens is 6. The number of hydrogen-bond acceptors (Lipinski definition) is 2. The van der Waals surface area contributed by atoms with Gasteiger partial charge in [0.2, 0.25) is 5.82 Å². The molecule has 37 heavy (non-hydrogen) atoms. The average Bonchev–Trinajstić information content (AvgIpc) is 2.89. The second-order valence-electron chi connectivity index (χ2n) is 9.08. The quantitative estimate of drug-likeness (QED) is 0.186. The Morgan fingerprint density at radius 2 is 1.62 bits per heavy atom. The summed E-state index contributed by atoms with van der Waals surface area (Å²) in [5.74, 6) is -9.57. The summed E-state index contributed by atoms with van der Waals surface area (Å²) in [4.78, 5) is 12.4. The Labute approximate surface area is 210 Å². The predicted molar refractivity (Wildman–Crippen MR) is 127 cm³/mol. The predicted octanol–water partition coefficient (Wildman–Crippen LogP) is 8.35. The highest BCUT2D eigenvalue weighted by molar-refractivity contribution is 5.91. The Bertz CT molecular complexity index is 1400. The van der Waals surface area contributed by atoms with Gasteiger partial charge in [0.15, 0.2) is 34.8 Å². The first-order valence-corrected chi connectivity index (χ1v) is 11.9. The SMILES string of the molecule is CCCc1ccc(C(=O)Oc2ccc(C3=CCC(c4ccc(C)c(F)c4F)CC3)c(F)c2F)c(F)c1F. The molecule has 1 atom stereocenters. The number of allylic oxidation sites excluding steroid dienone is 2. The second kappa shape index (κ2) is 10.8. The number of hydrogen-bond donors (Lipinski definition) is 0. The zero-order valence-electron chi connectivity index (χ0n) is 20.2. The van der Waals surface area contributed by atoms with Crippen LogP contribution in [0.15, 0.2) is 42.5 Å². The highest BCUT2D eigenvalue weighted by atomic mass is 19.2. The van der Waals surface area contributed by atoms with Crippen molar-refractivity contribution in [3.63, 3.8) is 0 Å². The molecule has 0 saturated heterocycles. The molecule has 2 nitrogen and oxygen atoms in total. The molecule has 8 heteroatoms. The van der Waals surface area contributed by atoms with Gasteiger partial charge in [0.05, 0.1) is 5.56 Å². The van der Waals surface area contributed by atoms with Crippen molar-refractivity contribution in [2.75, 3.05) is 0 Å². The Morgan fingerprint density at radius 3 is 2.30 bits per heavy atom. The lowest BCUT2D eigenvalue weighted by Gasteiger charge is -2.24. The number of benzene rings is 3. The van der Waals surface area contributed by atoms with Crippen LogP contribution in [-0.2, 0) is 6.42 Å². The topological polar surface area (TPSA) is 26.3 Å². The van der Waals surface area contributed by atoms with E-state index >= 15 is 0 Å². The van der Waals surface area contributed by atoms with Crippen LogP contribution >= 0.6 is 0 Å².